The van der Waals surface area contributed by atoms with Gasteiger partial charge in [0.2, 0.25) is 0 Å². The van der Waals surface area contributed by atoms with Crippen molar-refractivity contribution in [1.82, 2.24) is 15.6 Å². The fourth-order valence-electron chi connectivity index (χ4n) is 4.48. The van der Waals surface area contributed by atoms with E-state index in [1.54, 1.807) is 0 Å². The first-order valence-electron chi connectivity index (χ1n) is 9.42. The normalized spacial score (nSPS) is 26.7. The number of nitrogens with one attached hydrogen (secondary N) is 3. The highest BCUT2D eigenvalue weighted by Crippen LogP contribution is 2.29. The van der Waals surface area contributed by atoms with Gasteiger partial charge in [-0.2, -0.15) is 0 Å². The zero-order valence-electron chi connectivity index (χ0n) is 15.0. The number of morpholine rings is 1. The third-order valence-corrected chi connectivity index (χ3v) is 5.76. The molecule has 1 aliphatic heterocycles. The molecule has 2 fully saturated rings. The van der Waals surface area contributed by atoms with Gasteiger partial charge in [0.05, 0.1) is 13.2 Å². The van der Waals surface area contributed by atoms with Crippen LogP contribution in [0.4, 0.5) is 0 Å². The molecule has 1 aliphatic carbocycles. The molecule has 0 amide bonds. The molecular weight excluding hydrogens is 334 g/mol. The summed E-state index contributed by atoms with van der Waals surface area (Å²) in [5, 5.41) is 8.86. The van der Waals surface area contributed by atoms with E-state index in [-0.39, 0.29) is 12.4 Å². The number of fused-ring (bicyclic) bond motifs is 1. The third-order valence-electron chi connectivity index (χ3n) is 5.76. The number of H-pyrrole nitrogens is 1. The minimum absolute atomic E-state index is 0. The van der Waals surface area contributed by atoms with Gasteiger partial charge < -0.3 is 20.4 Å². The highest BCUT2D eigenvalue weighted by molar-refractivity contribution is 5.85. The third kappa shape index (κ3) is 4.20. The second kappa shape index (κ2) is 8.54. The smallest absolute Gasteiger partial charge is 0.0623 e. The van der Waals surface area contributed by atoms with Crippen LogP contribution in [0.1, 0.15) is 30.4 Å². The molecule has 1 saturated carbocycles. The molecule has 2 aromatic rings. The molecule has 1 aromatic carbocycles. The van der Waals surface area contributed by atoms with E-state index in [0.717, 1.165) is 38.6 Å². The Balaban J connectivity index is 0.00000182. The van der Waals surface area contributed by atoms with Crippen molar-refractivity contribution < 1.29 is 4.74 Å². The molecule has 5 heteroatoms. The number of hydrogen-bond donors (Lipinski definition) is 3. The van der Waals surface area contributed by atoms with Crippen LogP contribution in [0.5, 0.6) is 0 Å². The summed E-state index contributed by atoms with van der Waals surface area (Å²) >= 11 is 0. The molecule has 0 bridgehead atoms. The Kier molecular flexibility index (Phi) is 6.39. The average molecular weight is 364 g/mol. The van der Waals surface area contributed by atoms with Crippen molar-refractivity contribution >= 4 is 23.3 Å². The van der Waals surface area contributed by atoms with E-state index in [2.05, 4.69) is 46.9 Å². The summed E-state index contributed by atoms with van der Waals surface area (Å²) in [6.45, 7) is 5.94. The zero-order valence-corrected chi connectivity index (χ0v) is 15.8. The Morgan fingerprint density at radius 1 is 1.28 bits per heavy atom. The summed E-state index contributed by atoms with van der Waals surface area (Å²) in [5.74, 6) is 0.718. The topological polar surface area (TPSA) is 49.1 Å². The molecular formula is C20H30ClN3O. The first-order chi connectivity index (χ1) is 11.8. The first kappa shape index (κ1) is 18.7. The molecule has 1 aromatic heterocycles. The summed E-state index contributed by atoms with van der Waals surface area (Å²) in [4.78, 5) is 3.41. The van der Waals surface area contributed by atoms with Crippen molar-refractivity contribution in [1.29, 1.82) is 0 Å². The molecule has 1 saturated heterocycles. The van der Waals surface area contributed by atoms with Crippen LogP contribution in [0.2, 0.25) is 0 Å². The molecule has 0 spiro atoms. The fourth-order valence-corrected chi connectivity index (χ4v) is 4.48. The van der Waals surface area contributed by atoms with Gasteiger partial charge in [-0.1, -0.05) is 18.6 Å². The maximum absolute atomic E-state index is 5.67. The Morgan fingerprint density at radius 3 is 3.04 bits per heavy atom. The predicted octanol–water partition coefficient (Wildman–Crippen LogP) is 3.19. The monoisotopic (exact) mass is 363 g/mol. The van der Waals surface area contributed by atoms with Crippen LogP contribution < -0.4 is 10.6 Å². The Morgan fingerprint density at radius 2 is 2.20 bits per heavy atom. The number of halogens is 1. The largest absolute Gasteiger partial charge is 0.379 e. The molecule has 3 atom stereocenters. The van der Waals surface area contributed by atoms with Gasteiger partial charge in [-0.15, -0.1) is 12.4 Å². The lowest BCUT2D eigenvalue weighted by Crippen LogP contribution is -2.51. The lowest BCUT2D eigenvalue weighted by molar-refractivity contribution is 0.0526. The van der Waals surface area contributed by atoms with Gasteiger partial charge in [-0.3, -0.25) is 0 Å². The minimum atomic E-state index is 0. The number of aryl methyl sites for hydroxylation is 1. The van der Waals surface area contributed by atoms with E-state index < -0.39 is 0 Å². The van der Waals surface area contributed by atoms with Crippen molar-refractivity contribution in [2.24, 2.45) is 5.92 Å². The Labute approximate surface area is 156 Å². The highest BCUT2D eigenvalue weighted by Gasteiger charge is 2.34. The standard InChI is InChI=1S/C20H29N3O.ClH/c1-14-5-6-16-15(12-23-19(16)11-14)7-8-21-18-4-2-3-17(18)20-13-24-10-9-22-20;/h5-6,11-12,17-18,20-23H,2-4,7-10,13H2,1H3;1H. The highest BCUT2D eigenvalue weighted by atomic mass is 35.5. The van der Waals surface area contributed by atoms with E-state index in [9.17, 15) is 0 Å². The number of hydrogen-bond acceptors (Lipinski definition) is 3. The van der Waals surface area contributed by atoms with E-state index in [4.69, 9.17) is 4.74 Å². The average Bonchev–Trinajstić information content (AvgIpc) is 3.23. The predicted molar refractivity (Wildman–Crippen MR) is 106 cm³/mol. The number of aromatic nitrogens is 1. The van der Waals surface area contributed by atoms with Crippen molar-refractivity contribution in [3.63, 3.8) is 0 Å². The van der Waals surface area contributed by atoms with Crippen LogP contribution in [-0.4, -0.2) is 43.4 Å². The second-order valence-corrected chi connectivity index (χ2v) is 7.40. The Hall–Kier alpha value is -1.07. The molecule has 0 radical (unpaired) electrons. The van der Waals surface area contributed by atoms with Crippen molar-refractivity contribution in [3.8, 4) is 0 Å². The van der Waals surface area contributed by atoms with Crippen molar-refractivity contribution in [2.45, 2.75) is 44.7 Å². The molecule has 2 aliphatic rings. The van der Waals surface area contributed by atoms with Gasteiger partial charge >= 0.3 is 0 Å². The zero-order chi connectivity index (χ0) is 16.4. The van der Waals surface area contributed by atoms with Crippen molar-refractivity contribution in [2.75, 3.05) is 26.3 Å². The SMILES string of the molecule is Cc1ccc2c(CCNC3CCCC3C3COCCN3)c[nH]c2c1.Cl. The Bertz CT molecular complexity index is 681. The maximum atomic E-state index is 5.67. The van der Waals surface area contributed by atoms with E-state index in [1.807, 2.05) is 0 Å². The van der Waals surface area contributed by atoms with Crippen LogP contribution in [0.25, 0.3) is 10.9 Å². The fraction of sp³-hybridized carbons (Fsp3) is 0.600. The lowest BCUT2D eigenvalue weighted by atomic mass is 9.94. The van der Waals surface area contributed by atoms with Gasteiger partial charge in [-0.25, -0.2) is 0 Å². The molecule has 25 heavy (non-hydrogen) atoms. The number of benzene rings is 1. The van der Waals surface area contributed by atoms with Crippen LogP contribution in [0.3, 0.4) is 0 Å². The minimum Gasteiger partial charge on any atom is -0.379 e. The second-order valence-electron chi connectivity index (χ2n) is 7.40. The van der Waals surface area contributed by atoms with Crippen LogP contribution >= 0.6 is 12.4 Å². The summed E-state index contributed by atoms with van der Waals surface area (Å²) in [7, 11) is 0. The summed E-state index contributed by atoms with van der Waals surface area (Å²) in [5.41, 5.74) is 3.99. The molecule has 4 rings (SSSR count). The molecule has 2 heterocycles. The van der Waals surface area contributed by atoms with Crippen molar-refractivity contribution in [3.05, 3.63) is 35.5 Å². The summed E-state index contributed by atoms with van der Waals surface area (Å²) in [6, 6.07) is 7.85. The van der Waals surface area contributed by atoms with Gasteiger partial charge in [-0.05, 0) is 55.8 Å². The molecule has 4 nitrogen and oxygen atoms in total. The number of aromatic amines is 1. The van der Waals surface area contributed by atoms with Gasteiger partial charge in [0.15, 0.2) is 0 Å². The van der Waals surface area contributed by atoms with Crippen LogP contribution in [-0.2, 0) is 11.2 Å². The number of rotatable bonds is 5. The van der Waals surface area contributed by atoms with Gasteiger partial charge in [0.25, 0.3) is 0 Å². The van der Waals surface area contributed by atoms with Crippen LogP contribution in [0.15, 0.2) is 24.4 Å². The van der Waals surface area contributed by atoms with E-state index in [1.165, 1.54) is 41.3 Å². The van der Waals surface area contributed by atoms with E-state index in [0.29, 0.717) is 12.1 Å². The molecule has 3 N–H and O–H groups in total. The number of ether oxygens (including phenoxy) is 1. The summed E-state index contributed by atoms with van der Waals surface area (Å²) in [6.07, 6.45) is 7.23. The summed E-state index contributed by atoms with van der Waals surface area (Å²) < 4.78 is 5.67. The molecule has 3 unspecified atom stereocenters. The van der Waals surface area contributed by atoms with Gasteiger partial charge in [0, 0.05) is 35.7 Å². The van der Waals surface area contributed by atoms with Crippen LogP contribution in [0, 0.1) is 12.8 Å². The lowest BCUT2D eigenvalue weighted by Gasteiger charge is -2.33. The quantitative estimate of drug-likeness (QED) is 0.764. The van der Waals surface area contributed by atoms with Gasteiger partial charge in [0.1, 0.15) is 0 Å². The van der Waals surface area contributed by atoms with E-state index >= 15 is 0 Å². The molecule has 138 valence electrons. The first-order valence-corrected chi connectivity index (χ1v) is 9.42. The maximum Gasteiger partial charge on any atom is 0.0623 e.